The van der Waals surface area contributed by atoms with Gasteiger partial charge >= 0.3 is 5.97 Å². The highest BCUT2D eigenvalue weighted by Crippen LogP contribution is 2.39. The molecule has 0 heterocycles. The molecule has 0 aromatic heterocycles. The molecule has 0 aliphatic carbocycles. The Bertz CT molecular complexity index is 959. The van der Waals surface area contributed by atoms with Crippen molar-refractivity contribution in [3.05, 3.63) is 47.5 Å². The van der Waals surface area contributed by atoms with E-state index in [0.29, 0.717) is 41.5 Å². The number of nitrogens with one attached hydrogen (secondary N) is 2. The molecule has 11 heteroatoms. The van der Waals surface area contributed by atoms with Crippen molar-refractivity contribution >= 4 is 23.5 Å². The highest BCUT2D eigenvalue weighted by molar-refractivity contribution is 5.95. The van der Waals surface area contributed by atoms with Gasteiger partial charge in [0.05, 0.1) is 19.8 Å². The second kappa shape index (κ2) is 14.2. The lowest BCUT2D eigenvalue weighted by atomic mass is 10.0. The van der Waals surface area contributed by atoms with Gasteiger partial charge < -0.3 is 40.6 Å². The maximum atomic E-state index is 12.1. The first-order valence-corrected chi connectivity index (χ1v) is 10.4. The highest BCUT2D eigenvalue weighted by Gasteiger charge is 2.26. The van der Waals surface area contributed by atoms with Crippen LogP contribution in [-0.2, 0) is 9.59 Å². The Morgan fingerprint density at radius 3 is 1.97 bits per heavy atom. The highest BCUT2D eigenvalue weighted by atomic mass is 16.5. The number of nitrogen functional groups attached to an aromatic ring is 1. The number of rotatable bonds is 12. The standard InChI is InChI=1S/C21H27N3O6.C2H4O2/c1-3-28-17-11-15(16(30-10-9-25)12-18(17)29-4-2)19(21(26)27)24-14-7-5-13(6-8-14)20(22)23;1-2(3)4/h5-8,11-12,19,24-25H,3-4,9-10H2,1-2H3,(H3,22,23)(H,26,27);1H3,(H,3,4). The van der Waals surface area contributed by atoms with Gasteiger partial charge in [-0.1, -0.05) is 0 Å². The van der Waals surface area contributed by atoms with E-state index in [1.807, 2.05) is 13.8 Å². The van der Waals surface area contributed by atoms with E-state index in [-0.39, 0.29) is 24.8 Å². The first-order valence-electron chi connectivity index (χ1n) is 10.4. The number of aliphatic hydroxyl groups is 1. The van der Waals surface area contributed by atoms with Gasteiger partial charge in [0.2, 0.25) is 0 Å². The number of hydrogen-bond acceptors (Lipinski definition) is 8. The molecule has 0 saturated heterocycles. The molecule has 0 aliphatic rings. The number of ether oxygens (including phenoxy) is 3. The summed E-state index contributed by atoms with van der Waals surface area (Å²) in [7, 11) is 0. The fourth-order valence-corrected chi connectivity index (χ4v) is 2.79. The molecular formula is C23H31N3O8. The Labute approximate surface area is 197 Å². The minimum atomic E-state index is -1.17. The fourth-order valence-electron chi connectivity index (χ4n) is 2.79. The lowest BCUT2D eigenvalue weighted by Gasteiger charge is -2.22. The zero-order valence-electron chi connectivity index (χ0n) is 19.3. The minimum absolute atomic E-state index is 0.00774. The summed E-state index contributed by atoms with van der Waals surface area (Å²) in [6, 6.07) is 8.48. The molecule has 0 fully saturated rings. The summed E-state index contributed by atoms with van der Waals surface area (Å²) in [4.78, 5) is 21.1. The second-order valence-electron chi connectivity index (χ2n) is 6.70. The van der Waals surface area contributed by atoms with Gasteiger partial charge in [0.1, 0.15) is 18.2 Å². The van der Waals surface area contributed by atoms with Crippen LogP contribution in [0.1, 0.15) is 37.9 Å². The van der Waals surface area contributed by atoms with Gasteiger partial charge in [-0.2, -0.15) is 0 Å². The summed E-state index contributed by atoms with van der Waals surface area (Å²) in [6.45, 7) is 5.25. The van der Waals surface area contributed by atoms with Crippen LogP contribution in [0.2, 0.25) is 0 Å². The third kappa shape index (κ3) is 8.87. The topological polar surface area (TPSA) is 184 Å². The fraction of sp³-hybridized carbons (Fsp3) is 0.348. The Hall–Kier alpha value is -3.99. The normalized spacial score (nSPS) is 10.8. The van der Waals surface area contributed by atoms with Gasteiger partial charge in [0.15, 0.2) is 17.5 Å². The Morgan fingerprint density at radius 1 is 1.00 bits per heavy atom. The monoisotopic (exact) mass is 477 g/mol. The van der Waals surface area contributed by atoms with E-state index in [0.717, 1.165) is 6.92 Å². The van der Waals surface area contributed by atoms with Crippen molar-refractivity contribution in [3.8, 4) is 17.2 Å². The van der Waals surface area contributed by atoms with Gasteiger partial charge in [-0.05, 0) is 44.2 Å². The van der Waals surface area contributed by atoms with E-state index >= 15 is 0 Å². The van der Waals surface area contributed by atoms with Gasteiger partial charge in [0.25, 0.3) is 5.97 Å². The van der Waals surface area contributed by atoms with E-state index < -0.39 is 18.0 Å². The lowest BCUT2D eigenvalue weighted by molar-refractivity contribution is -0.138. The quantitative estimate of drug-likeness (QED) is 0.196. The van der Waals surface area contributed by atoms with E-state index in [1.165, 1.54) is 0 Å². The molecule has 186 valence electrons. The molecule has 0 spiro atoms. The van der Waals surface area contributed by atoms with Crippen molar-refractivity contribution in [1.29, 1.82) is 5.41 Å². The number of carboxylic acid groups (broad SMARTS) is 2. The van der Waals surface area contributed by atoms with Crippen molar-refractivity contribution in [3.63, 3.8) is 0 Å². The number of amidine groups is 1. The molecule has 11 nitrogen and oxygen atoms in total. The molecule has 2 aromatic rings. The van der Waals surface area contributed by atoms with Crippen LogP contribution in [0, 0.1) is 5.41 Å². The van der Waals surface area contributed by atoms with Crippen molar-refractivity contribution in [2.24, 2.45) is 5.73 Å². The van der Waals surface area contributed by atoms with E-state index in [2.05, 4.69) is 5.32 Å². The number of hydrogen-bond donors (Lipinski definition) is 6. The van der Waals surface area contributed by atoms with Crippen LogP contribution in [0.15, 0.2) is 36.4 Å². The van der Waals surface area contributed by atoms with Gasteiger partial charge in [-0.15, -0.1) is 0 Å². The number of nitrogens with two attached hydrogens (primary N) is 1. The number of anilines is 1. The van der Waals surface area contributed by atoms with Crippen LogP contribution < -0.4 is 25.3 Å². The number of aliphatic carboxylic acids is 2. The van der Waals surface area contributed by atoms with Crippen LogP contribution in [0.3, 0.4) is 0 Å². The smallest absolute Gasteiger partial charge is 0.330 e. The molecule has 0 radical (unpaired) electrons. The number of carboxylic acids is 2. The Morgan fingerprint density at radius 2 is 1.53 bits per heavy atom. The van der Waals surface area contributed by atoms with Crippen LogP contribution in [0.4, 0.5) is 5.69 Å². The minimum Gasteiger partial charge on any atom is -0.491 e. The molecule has 0 bridgehead atoms. The van der Waals surface area contributed by atoms with Crippen molar-refractivity contribution in [2.75, 3.05) is 31.7 Å². The summed E-state index contributed by atoms with van der Waals surface area (Å²) in [5.41, 5.74) is 6.83. The summed E-state index contributed by atoms with van der Waals surface area (Å²) in [6.07, 6.45) is 0. The summed E-state index contributed by atoms with van der Waals surface area (Å²) in [5, 5.41) is 36.8. The predicted molar refractivity (Wildman–Crippen MR) is 126 cm³/mol. The average Bonchev–Trinajstić information content (AvgIpc) is 2.77. The van der Waals surface area contributed by atoms with E-state index in [9.17, 15) is 9.90 Å². The van der Waals surface area contributed by atoms with Gasteiger partial charge in [-0.25, -0.2) is 4.79 Å². The molecule has 7 N–H and O–H groups in total. The van der Waals surface area contributed by atoms with Gasteiger partial charge in [-0.3, -0.25) is 10.2 Å². The summed E-state index contributed by atoms with van der Waals surface area (Å²) in [5.74, 6) is -0.970. The van der Waals surface area contributed by atoms with Gasteiger partial charge in [0, 0.05) is 29.8 Å². The van der Waals surface area contributed by atoms with Crippen LogP contribution >= 0.6 is 0 Å². The first kappa shape index (κ1) is 28.0. The lowest BCUT2D eigenvalue weighted by Crippen LogP contribution is -2.22. The SMILES string of the molecule is CC(=O)O.CCOc1cc(OCCO)c(C(Nc2ccc(C(=N)N)cc2)C(=O)O)cc1OCC. The molecule has 1 unspecified atom stereocenters. The number of carbonyl (C=O) groups is 2. The third-order valence-corrected chi connectivity index (χ3v) is 4.09. The van der Waals surface area contributed by atoms with Crippen molar-refractivity contribution in [1.82, 2.24) is 0 Å². The Kier molecular flexibility index (Phi) is 11.7. The van der Waals surface area contributed by atoms with Crippen molar-refractivity contribution in [2.45, 2.75) is 26.8 Å². The first-order chi connectivity index (χ1) is 16.1. The predicted octanol–water partition coefficient (Wildman–Crippen LogP) is 2.47. The second-order valence-corrected chi connectivity index (χ2v) is 6.70. The van der Waals surface area contributed by atoms with Crippen LogP contribution in [-0.4, -0.2) is 59.5 Å². The third-order valence-electron chi connectivity index (χ3n) is 4.09. The summed E-state index contributed by atoms with van der Waals surface area (Å²) < 4.78 is 16.8. The van der Waals surface area contributed by atoms with E-state index in [1.54, 1.807) is 36.4 Å². The maximum absolute atomic E-state index is 12.1. The molecule has 2 rings (SSSR count). The van der Waals surface area contributed by atoms with Crippen molar-refractivity contribution < 1.29 is 39.1 Å². The largest absolute Gasteiger partial charge is 0.491 e. The van der Waals surface area contributed by atoms with Crippen LogP contribution in [0.25, 0.3) is 0 Å². The molecule has 0 amide bonds. The van der Waals surface area contributed by atoms with E-state index in [4.69, 9.17) is 40.4 Å². The molecular weight excluding hydrogens is 446 g/mol. The number of benzene rings is 2. The van der Waals surface area contributed by atoms with Crippen LogP contribution in [0.5, 0.6) is 17.2 Å². The molecule has 34 heavy (non-hydrogen) atoms. The zero-order chi connectivity index (χ0) is 25.7. The molecule has 0 saturated carbocycles. The molecule has 2 aromatic carbocycles. The zero-order valence-corrected chi connectivity index (χ0v) is 19.3. The molecule has 1 atom stereocenters. The molecule has 0 aliphatic heterocycles. The summed E-state index contributed by atoms with van der Waals surface area (Å²) >= 11 is 0. The Balaban J connectivity index is 0.00000133. The number of aliphatic hydroxyl groups excluding tert-OH is 1. The maximum Gasteiger partial charge on any atom is 0.330 e. The average molecular weight is 478 g/mol.